The third kappa shape index (κ3) is 6.96. The Morgan fingerprint density at radius 3 is 2.68 bits per heavy atom. The first-order valence-electron chi connectivity index (χ1n) is 12.1. The van der Waals surface area contributed by atoms with E-state index < -0.39 is 11.9 Å². The fourth-order valence-electron chi connectivity index (χ4n) is 4.14. The van der Waals surface area contributed by atoms with E-state index in [1.165, 1.54) is 40.9 Å². The molecule has 0 aliphatic carbocycles. The molecule has 0 saturated carbocycles. The van der Waals surface area contributed by atoms with Gasteiger partial charge in [-0.3, -0.25) is 14.4 Å². The van der Waals surface area contributed by atoms with Crippen molar-refractivity contribution < 1.29 is 18.8 Å². The number of benzene rings is 3. The first-order chi connectivity index (χ1) is 17.9. The number of thioether (sulfide) groups is 1. The van der Waals surface area contributed by atoms with Gasteiger partial charge in [-0.25, -0.2) is 4.39 Å². The molecule has 1 atom stereocenters. The number of rotatable bonds is 10. The second-order valence-corrected chi connectivity index (χ2v) is 9.66. The van der Waals surface area contributed by atoms with Crippen LogP contribution in [0.15, 0.2) is 77.0 Å². The van der Waals surface area contributed by atoms with E-state index in [1.807, 2.05) is 42.5 Å². The van der Waals surface area contributed by atoms with Crippen LogP contribution in [-0.4, -0.2) is 43.4 Å². The molecule has 1 heterocycles. The van der Waals surface area contributed by atoms with Crippen LogP contribution in [0, 0.1) is 5.82 Å². The molecule has 0 spiro atoms. The minimum Gasteiger partial charge on any atom is -0.354 e. The molecule has 3 aromatic rings. The number of hydrogen-bond acceptors (Lipinski definition) is 5. The fourth-order valence-corrected chi connectivity index (χ4v) is 4.95. The van der Waals surface area contributed by atoms with Gasteiger partial charge in [-0.1, -0.05) is 54.2 Å². The molecular formula is C28H29FN4O3S. The summed E-state index contributed by atoms with van der Waals surface area (Å²) in [7, 11) is 0. The lowest BCUT2D eigenvalue weighted by molar-refractivity contribution is -0.129. The average molecular weight is 521 g/mol. The summed E-state index contributed by atoms with van der Waals surface area (Å²) < 4.78 is 13.7. The molecule has 1 aliphatic heterocycles. The summed E-state index contributed by atoms with van der Waals surface area (Å²) >= 11 is 1.25. The maximum atomic E-state index is 13.7. The molecule has 3 amide bonds. The lowest BCUT2D eigenvalue weighted by atomic mass is 10.0. The Morgan fingerprint density at radius 1 is 1.05 bits per heavy atom. The van der Waals surface area contributed by atoms with Gasteiger partial charge < -0.3 is 21.3 Å². The highest BCUT2D eigenvalue weighted by Gasteiger charge is 2.24. The summed E-state index contributed by atoms with van der Waals surface area (Å²) in [5.41, 5.74) is 7.00. The lowest BCUT2D eigenvalue weighted by Crippen LogP contribution is -2.49. The molecule has 0 saturated heterocycles. The maximum Gasteiger partial charge on any atom is 0.251 e. The van der Waals surface area contributed by atoms with E-state index in [9.17, 15) is 18.8 Å². The monoisotopic (exact) mass is 520 g/mol. The predicted molar refractivity (Wildman–Crippen MR) is 145 cm³/mol. The SMILES string of the molecule is NCCCNC(=O)[C@@H](Cc1ccc2ccccc2c1)NC(=O)CCN1C(=O)C=CSc2cc(F)ccc21. The third-order valence-electron chi connectivity index (χ3n) is 6.03. The Balaban J connectivity index is 1.46. The number of carbonyl (C=O) groups is 3. The molecule has 0 aromatic heterocycles. The van der Waals surface area contributed by atoms with Gasteiger partial charge in [0.15, 0.2) is 0 Å². The van der Waals surface area contributed by atoms with Gasteiger partial charge in [-0.2, -0.15) is 0 Å². The Bertz CT molecular complexity index is 1330. The van der Waals surface area contributed by atoms with E-state index >= 15 is 0 Å². The summed E-state index contributed by atoms with van der Waals surface area (Å²) in [6.45, 7) is 0.953. The smallest absolute Gasteiger partial charge is 0.251 e. The molecule has 4 N–H and O–H groups in total. The van der Waals surface area contributed by atoms with Crippen molar-refractivity contribution in [1.82, 2.24) is 10.6 Å². The molecule has 1 aliphatic rings. The van der Waals surface area contributed by atoms with Gasteiger partial charge >= 0.3 is 0 Å². The summed E-state index contributed by atoms with van der Waals surface area (Å²) in [4.78, 5) is 40.6. The van der Waals surface area contributed by atoms with Crippen LogP contribution in [0.5, 0.6) is 0 Å². The van der Waals surface area contributed by atoms with Gasteiger partial charge in [0.2, 0.25) is 11.8 Å². The molecular weight excluding hydrogens is 491 g/mol. The Hall–Kier alpha value is -3.69. The zero-order chi connectivity index (χ0) is 26.2. The van der Waals surface area contributed by atoms with Crippen LogP contribution in [0.2, 0.25) is 0 Å². The fraction of sp³-hybridized carbons (Fsp3) is 0.250. The average Bonchev–Trinajstić information content (AvgIpc) is 3.04. The molecule has 7 nitrogen and oxygen atoms in total. The van der Waals surface area contributed by atoms with E-state index in [0.717, 1.165) is 16.3 Å². The Kier molecular flexibility index (Phi) is 8.92. The summed E-state index contributed by atoms with van der Waals surface area (Å²) in [5, 5.41) is 9.42. The first kappa shape index (κ1) is 26.4. The lowest BCUT2D eigenvalue weighted by Gasteiger charge is -2.23. The molecule has 4 rings (SSSR count). The van der Waals surface area contributed by atoms with Gasteiger partial charge in [-0.15, -0.1) is 0 Å². The molecule has 0 bridgehead atoms. The van der Waals surface area contributed by atoms with Crippen LogP contribution in [0.4, 0.5) is 10.1 Å². The van der Waals surface area contributed by atoms with Gasteiger partial charge in [0.05, 0.1) is 5.69 Å². The minimum absolute atomic E-state index is 0.0225. The number of anilines is 1. The molecule has 192 valence electrons. The van der Waals surface area contributed by atoms with Gasteiger partial charge in [0.25, 0.3) is 5.91 Å². The van der Waals surface area contributed by atoms with Crippen molar-refractivity contribution in [2.45, 2.75) is 30.2 Å². The maximum absolute atomic E-state index is 13.7. The van der Waals surface area contributed by atoms with Crippen molar-refractivity contribution in [3.63, 3.8) is 0 Å². The Morgan fingerprint density at radius 2 is 1.86 bits per heavy atom. The van der Waals surface area contributed by atoms with Crippen molar-refractivity contribution in [1.29, 1.82) is 0 Å². The molecule has 3 aromatic carbocycles. The zero-order valence-electron chi connectivity index (χ0n) is 20.3. The zero-order valence-corrected chi connectivity index (χ0v) is 21.1. The highest BCUT2D eigenvalue weighted by atomic mass is 32.2. The number of carbonyl (C=O) groups excluding carboxylic acids is 3. The van der Waals surface area contributed by atoms with E-state index in [4.69, 9.17) is 5.73 Å². The number of amides is 3. The van der Waals surface area contributed by atoms with Gasteiger partial charge in [-0.05, 0) is 52.9 Å². The number of halogens is 1. The number of nitrogens with one attached hydrogen (secondary N) is 2. The summed E-state index contributed by atoms with van der Waals surface area (Å²) in [6.07, 6.45) is 2.32. The van der Waals surface area contributed by atoms with Gasteiger partial charge in [0.1, 0.15) is 11.9 Å². The van der Waals surface area contributed by atoms with Crippen LogP contribution in [0.1, 0.15) is 18.4 Å². The number of fused-ring (bicyclic) bond motifs is 2. The summed E-state index contributed by atoms with van der Waals surface area (Å²) in [5.74, 6) is -1.35. The highest BCUT2D eigenvalue weighted by molar-refractivity contribution is 8.02. The van der Waals surface area contributed by atoms with E-state index in [2.05, 4.69) is 10.6 Å². The number of nitrogens with two attached hydrogens (primary N) is 1. The second kappa shape index (κ2) is 12.5. The number of nitrogens with zero attached hydrogens (tertiary/aromatic N) is 1. The molecule has 9 heteroatoms. The normalized spacial score (nSPS) is 13.7. The van der Waals surface area contributed by atoms with Gasteiger partial charge in [0, 0.05) is 36.9 Å². The van der Waals surface area contributed by atoms with Crippen LogP contribution in [0.25, 0.3) is 10.8 Å². The van der Waals surface area contributed by atoms with Crippen molar-refractivity contribution in [3.8, 4) is 0 Å². The van der Waals surface area contributed by atoms with Crippen molar-refractivity contribution in [2.24, 2.45) is 5.73 Å². The standard InChI is InChI=1S/C28H29FN4O3S/c29-22-8-9-24-25(18-22)37-15-11-27(35)33(24)14-10-26(34)32-23(28(36)31-13-3-12-30)17-19-6-7-20-4-1-2-5-21(20)16-19/h1-2,4-9,11,15-16,18,23H,3,10,12-14,17,30H2,(H,31,36)(H,32,34)/t23-/m1/s1. The van der Waals surface area contributed by atoms with Crippen LogP contribution in [-0.2, 0) is 20.8 Å². The highest BCUT2D eigenvalue weighted by Crippen LogP contribution is 2.34. The number of hydrogen-bond donors (Lipinski definition) is 3. The van der Waals surface area contributed by atoms with Crippen LogP contribution >= 0.6 is 11.8 Å². The molecule has 0 unspecified atom stereocenters. The van der Waals surface area contributed by atoms with Crippen molar-refractivity contribution in [2.75, 3.05) is 24.5 Å². The van der Waals surface area contributed by atoms with Crippen molar-refractivity contribution >= 4 is 45.9 Å². The van der Waals surface area contributed by atoms with E-state index in [0.29, 0.717) is 36.5 Å². The third-order valence-corrected chi connectivity index (χ3v) is 6.89. The molecule has 0 radical (unpaired) electrons. The first-order valence-corrected chi connectivity index (χ1v) is 13.0. The van der Waals surface area contributed by atoms with E-state index in [1.54, 1.807) is 5.41 Å². The molecule has 0 fully saturated rings. The van der Waals surface area contributed by atoms with E-state index in [-0.39, 0.29) is 30.7 Å². The second-order valence-electron chi connectivity index (χ2n) is 8.71. The topological polar surface area (TPSA) is 105 Å². The van der Waals surface area contributed by atoms with Crippen molar-refractivity contribution in [3.05, 3.63) is 83.5 Å². The Labute approximate surface area is 219 Å². The quantitative estimate of drug-likeness (QED) is 0.355. The van der Waals surface area contributed by atoms with Crippen LogP contribution in [0.3, 0.4) is 0 Å². The predicted octanol–water partition coefficient (Wildman–Crippen LogP) is 3.51. The van der Waals surface area contributed by atoms with Crippen LogP contribution < -0.4 is 21.3 Å². The summed E-state index contributed by atoms with van der Waals surface area (Å²) in [6, 6.07) is 17.3. The molecule has 37 heavy (non-hydrogen) atoms. The largest absolute Gasteiger partial charge is 0.354 e. The minimum atomic E-state index is -0.789.